The van der Waals surface area contributed by atoms with Gasteiger partial charge >= 0.3 is 6.18 Å². The lowest BCUT2D eigenvalue weighted by Crippen LogP contribution is -2.37. The molecule has 2 amide bonds. The Hall–Kier alpha value is -2.83. The van der Waals surface area contributed by atoms with E-state index in [9.17, 15) is 22.8 Å². The lowest BCUT2D eigenvalue weighted by atomic mass is 10.1. The van der Waals surface area contributed by atoms with Gasteiger partial charge in [-0.05, 0) is 30.3 Å². The van der Waals surface area contributed by atoms with Gasteiger partial charge in [-0.2, -0.15) is 13.2 Å². The van der Waals surface area contributed by atoms with Gasteiger partial charge in [0.25, 0.3) is 5.91 Å². The van der Waals surface area contributed by atoms with Gasteiger partial charge in [0.05, 0.1) is 11.6 Å². The molecule has 3 rings (SSSR count). The third kappa shape index (κ3) is 3.81. The number of halogens is 3. The van der Waals surface area contributed by atoms with E-state index >= 15 is 0 Å². The van der Waals surface area contributed by atoms with E-state index in [0.29, 0.717) is 0 Å². The van der Waals surface area contributed by atoms with Crippen molar-refractivity contribution in [1.29, 1.82) is 0 Å². The van der Waals surface area contributed by atoms with E-state index in [2.05, 4.69) is 5.32 Å². The second-order valence-corrected chi connectivity index (χ2v) is 5.79. The molecule has 1 atom stereocenters. The van der Waals surface area contributed by atoms with Gasteiger partial charge in [0.1, 0.15) is 0 Å². The zero-order chi connectivity index (χ0) is 18.0. The summed E-state index contributed by atoms with van der Waals surface area (Å²) in [6.07, 6.45) is -4.40. The molecule has 1 fully saturated rings. The van der Waals surface area contributed by atoms with E-state index in [1.165, 1.54) is 12.1 Å². The fraction of sp³-hybridized carbons (Fsp3) is 0.222. The summed E-state index contributed by atoms with van der Waals surface area (Å²) in [7, 11) is 0. The van der Waals surface area contributed by atoms with Crippen molar-refractivity contribution < 1.29 is 22.8 Å². The van der Waals surface area contributed by atoms with E-state index in [1.54, 1.807) is 29.2 Å². The van der Waals surface area contributed by atoms with E-state index in [4.69, 9.17) is 0 Å². The molecule has 0 unspecified atom stereocenters. The normalized spacial score (nSPS) is 17.6. The molecule has 7 heteroatoms. The summed E-state index contributed by atoms with van der Waals surface area (Å²) in [6, 6.07) is 12.8. The first-order chi connectivity index (χ1) is 11.8. The maximum atomic E-state index is 12.7. The molecule has 0 aromatic heterocycles. The number of carbonyl (C=O) groups is 2. The number of amides is 2. The van der Waals surface area contributed by atoms with Crippen molar-refractivity contribution in [3.63, 3.8) is 0 Å². The Morgan fingerprint density at radius 3 is 2.48 bits per heavy atom. The van der Waals surface area contributed by atoms with Crippen LogP contribution in [-0.2, 0) is 11.0 Å². The number of para-hydroxylation sites is 1. The molecule has 2 aromatic carbocycles. The summed E-state index contributed by atoms with van der Waals surface area (Å²) in [6.45, 7) is 0.285. The highest BCUT2D eigenvalue weighted by Gasteiger charge is 2.33. The first-order valence-electron chi connectivity index (χ1n) is 7.68. The largest absolute Gasteiger partial charge is 0.416 e. The molecule has 130 valence electrons. The minimum Gasteiger partial charge on any atom is -0.347 e. The lowest BCUT2D eigenvalue weighted by molar-refractivity contribution is -0.137. The Morgan fingerprint density at radius 2 is 1.80 bits per heavy atom. The van der Waals surface area contributed by atoms with Crippen molar-refractivity contribution in [2.75, 3.05) is 11.4 Å². The minimum atomic E-state index is -4.51. The van der Waals surface area contributed by atoms with Gasteiger partial charge in [-0.1, -0.05) is 24.3 Å². The molecule has 0 spiro atoms. The minimum absolute atomic E-state index is 0.0829. The maximum absolute atomic E-state index is 12.7. The average molecular weight is 348 g/mol. The number of benzene rings is 2. The topological polar surface area (TPSA) is 49.4 Å². The Balaban J connectivity index is 1.69. The molecule has 25 heavy (non-hydrogen) atoms. The smallest absolute Gasteiger partial charge is 0.347 e. The Kier molecular flexibility index (Phi) is 4.48. The maximum Gasteiger partial charge on any atom is 0.416 e. The van der Waals surface area contributed by atoms with Crippen LogP contribution in [0.5, 0.6) is 0 Å². The van der Waals surface area contributed by atoms with Crippen molar-refractivity contribution >= 4 is 17.5 Å². The monoisotopic (exact) mass is 348 g/mol. The van der Waals surface area contributed by atoms with Gasteiger partial charge in [-0.3, -0.25) is 9.59 Å². The zero-order valence-corrected chi connectivity index (χ0v) is 13.1. The fourth-order valence-corrected chi connectivity index (χ4v) is 2.77. The predicted molar refractivity (Wildman–Crippen MR) is 86.1 cm³/mol. The van der Waals surface area contributed by atoms with E-state index < -0.39 is 23.7 Å². The van der Waals surface area contributed by atoms with Crippen LogP contribution >= 0.6 is 0 Å². The molecule has 1 heterocycles. The molecule has 0 radical (unpaired) electrons. The number of carbonyl (C=O) groups excluding carboxylic acids is 2. The summed E-state index contributed by atoms with van der Waals surface area (Å²) >= 11 is 0. The first kappa shape index (κ1) is 17.0. The van der Waals surface area contributed by atoms with Crippen molar-refractivity contribution in [3.05, 3.63) is 65.7 Å². The number of nitrogens with zero attached hydrogens (tertiary/aromatic N) is 1. The average Bonchev–Trinajstić information content (AvgIpc) is 2.95. The molecule has 0 bridgehead atoms. The van der Waals surface area contributed by atoms with Crippen LogP contribution in [0.2, 0.25) is 0 Å². The summed E-state index contributed by atoms with van der Waals surface area (Å²) in [4.78, 5) is 25.9. The van der Waals surface area contributed by atoms with Gasteiger partial charge in [0, 0.05) is 24.2 Å². The molecule has 2 aromatic rings. The van der Waals surface area contributed by atoms with Crippen LogP contribution in [0.3, 0.4) is 0 Å². The Morgan fingerprint density at radius 1 is 1.08 bits per heavy atom. The van der Waals surface area contributed by atoms with Gasteiger partial charge < -0.3 is 10.2 Å². The van der Waals surface area contributed by atoms with E-state index in [0.717, 1.165) is 17.8 Å². The number of alkyl halides is 3. The molecule has 1 aliphatic heterocycles. The SMILES string of the molecule is O=C(N[C@@H]1CC(=O)N(c2ccccc2)C1)c1cccc(C(F)(F)F)c1. The second-order valence-electron chi connectivity index (χ2n) is 5.79. The van der Waals surface area contributed by atoms with E-state index in [-0.39, 0.29) is 24.4 Å². The Labute approximate surface area is 142 Å². The summed E-state index contributed by atoms with van der Waals surface area (Å²) in [5, 5.41) is 2.64. The van der Waals surface area contributed by atoms with Gasteiger partial charge in [0.2, 0.25) is 5.91 Å². The number of hydrogen-bond donors (Lipinski definition) is 1. The number of anilines is 1. The molecule has 1 saturated heterocycles. The van der Waals surface area contributed by atoms with Crippen LogP contribution in [0.25, 0.3) is 0 Å². The van der Waals surface area contributed by atoms with E-state index in [1.807, 2.05) is 6.07 Å². The lowest BCUT2D eigenvalue weighted by Gasteiger charge is -2.17. The number of rotatable bonds is 3. The third-order valence-electron chi connectivity index (χ3n) is 3.98. The second kappa shape index (κ2) is 6.58. The molecule has 4 nitrogen and oxygen atoms in total. The quantitative estimate of drug-likeness (QED) is 0.926. The highest BCUT2D eigenvalue weighted by Crippen LogP contribution is 2.29. The van der Waals surface area contributed by atoms with Crippen molar-refractivity contribution in [3.8, 4) is 0 Å². The standard InChI is InChI=1S/C18H15F3N2O2/c19-18(20,21)13-6-4-5-12(9-13)17(25)22-14-10-16(24)23(11-14)15-7-2-1-3-8-15/h1-9,14H,10-11H2,(H,22,25)/t14-/m1/s1. The van der Waals surface area contributed by atoms with Crippen LogP contribution in [0.1, 0.15) is 22.3 Å². The van der Waals surface area contributed by atoms with Gasteiger partial charge in [0.15, 0.2) is 0 Å². The number of nitrogens with one attached hydrogen (secondary N) is 1. The zero-order valence-electron chi connectivity index (χ0n) is 13.1. The molecular formula is C18H15F3N2O2. The van der Waals surface area contributed by atoms with Gasteiger partial charge in [-0.15, -0.1) is 0 Å². The molecule has 1 aliphatic rings. The van der Waals surface area contributed by atoms with Crippen LogP contribution in [0.4, 0.5) is 18.9 Å². The first-order valence-corrected chi connectivity index (χ1v) is 7.68. The summed E-state index contributed by atoms with van der Waals surface area (Å²) in [5.74, 6) is -0.764. The molecule has 0 aliphatic carbocycles. The van der Waals surface area contributed by atoms with Crippen molar-refractivity contribution in [2.45, 2.75) is 18.6 Å². The van der Waals surface area contributed by atoms with Crippen molar-refractivity contribution in [1.82, 2.24) is 5.32 Å². The summed E-state index contributed by atoms with van der Waals surface area (Å²) in [5.41, 5.74) is -0.239. The summed E-state index contributed by atoms with van der Waals surface area (Å²) < 4.78 is 38.2. The predicted octanol–water partition coefficient (Wildman–Crippen LogP) is 3.24. The Bertz CT molecular complexity index is 790. The molecule has 1 N–H and O–H groups in total. The van der Waals surface area contributed by atoms with Crippen LogP contribution < -0.4 is 10.2 Å². The van der Waals surface area contributed by atoms with Gasteiger partial charge in [-0.25, -0.2) is 0 Å². The fourth-order valence-electron chi connectivity index (χ4n) is 2.77. The van der Waals surface area contributed by atoms with Crippen LogP contribution in [0, 0.1) is 0 Å². The third-order valence-corrected chi connectivity index (χ3v) is 3.98. The molecular weight excluding hydrogens is 333 g/mol. The van der Waals surface area contributed by atoms with Crippen LogP contribution in [-0.4, -0.2) is 24.4 Å². The molecule has 0 saturated carbocycles. The number of hydrogen-bond acceptors (Lipinski definition) is 2. The highest BCUT2D eigenvalue weighted by molar-refractivity contribution is 5.99. The highest BCUT2D eigenvalue weighted by atomic mass is 19.4. The van der Waals surface area contributed by atoms with Crippen molar-refractivity contribution in [2.24, 2.45) is 0 Å². The van der Waals surface area contributed by atoms with Crippen LogP contribution in [0.15, 0.2) is 54.6 Å².